The van der Waals surface area contributed by atoms with E-state index in [1.54, 1.807) is 36.7 Å². The molecule has 0 spiro atoms. The summed E-state index contributed by atoms with van der Waals surface area (Å²) in [6, 6.07) is 6.76. The predicted octanol–water partition coefficient (Wildman–Crippen LogP) is 1.78. The third kappa shape index (κ3) is 3.20. The summed E-state index contributed by atoms with van der Waals surface area (Å²) in [6.45, 7) is 1.97. The number of nitrogens with zero attached hydrogens (tertiary/aromatic N) is 1. The largest absolute Gasteiger partial charge is 0.392 e. The Morgan fingerprint density at radius 3 is 2.68 bits per heavy atom. The zero-order valence-corrected chi connectivity index (χ0v) is 10.8. The Balaban J connectivity index is 2.06. The van der Waals surface area contributed by atoms with Gasteiger partial charge in [-0.1, -0.05) is 19.1 Å². The van der Waals surface area contributed by atoms with E-state index in [-0.39, 0.29) is 18.6 Å². The molecule has 0 saturated heterocycles. The van der Waals surface area contributed by atoms with Crippen LogP contribution in [0.1, 0.15) is 41.1 Å². The van der Waals surface area contributed by atoms with Gasteiger partial charge in [0.05, 0.1) is 12.6 Å². The smallest absolute Gasteiger partial charge is 0.251 e. The normalized spacial score (nSPS) is 12.1. The van der Waals surface area contributed by atoms with E-state index >= 15 is 0 Å². The van der Waals surface area contributed by atoms with Crippen molar-refractivity contribution in [3.63, 3.8) is 0 Å². The van der Waals surface area contributed by atoms with Crippen LogP contribution in [0, 0.1) is 0 Å². The van der Waals surface area contributed by atoms with Gasteiger partial charge in [0.15, 0.2) is 0 Å². The number of imidazole rings is 1. The van der Waals surface area contributed by atoms with Gasteiger partial charge in [0.2, 0.25) is 0 Å². The molecule has 0 aliphatic rings. The average molecular weight is 259 g/mol. The monoisotopic (exact) mass is 259 g/mol. The van der Waals surface area contributed by atoms with Crippen LogP contribution in [0.4, 0.5) is 0 Å². The van der Waals surface area contributed by atoms with Crippen LogP contribution in [0.15, 0.2) is 36.7 Å². The fourth-order valence-electron chi connectivity index (χ4n) is 1.83. The summed E-state index contributed by atoms with van der Waals surface area (Å²) in [7, 11) is 0. The number of rotatable bonds is 5. The highest BCUT2D eigenvalue weighted by Gasteiger charge is 2.15. The number of hydrogen-bond donors (Lipinski definition) is 3. The summed E-state index contributed by atoms with van der Waals surface area (Å²) in [6.07, 6.45) is 4.16. The summed E-state index contributed by atoms with van der Waals surface area (Å²) in [5, 5.41) is 11.9. The number of aliphatic hydroxyl groups excluding tert-OH is 1. The highest BCUT2D eigenvalue weighted by Crippen LogP contribution is 2.13. The van der Waals surface area contributed by atoms with Gasteiger partial charge in [-0.05, 0) is 24.1 Å². The number of aromatic nitrogens is 2. The maximum absolute atomic E-state index is 12.1. The van der Waals surface area contributed by atoms with Crippen LogP contribution in [0.3, 0.4) is 0 Å². The van der Waals surface area contributed by atoms with Crippen molar-refractivity contribution in [3.8, 4) is 0 Å². The lowest BCUT2D eigenvalue weighted by Crippen LogP contribution is -2.28. The molecule has 0 aliphatic carbocycles. The first-order chi connectivity index (χ1) is 9.24. The molecule has 0 bridgehead atoms. The number of hydrogen-bond acceptors (Lipinski definition) is 3. The third-order valence-corrected chi connectivity index (χ3v) is 2.96. The van der Waals surface area contributed by atoms with E-state index in [9.17, 15) is 4.79 Å². The molecule has 0 aliphatic heterocycles. The average Bonchev–Trinajstić information content (AvgIpc) is 2.98. The molecule has 19 heavy (non-hydrogen) atoms. The highest BCUT2D eigenvalue weighted by atomic mass is 16.3. The molecule has 1 unspecified atom stereocenters. The van der Waals surface area contributed by atoms with Crippen molar-refractivity contribution in [2.75, 3.05) is 0 Å². The number of nitrogens with one attached hydrogen (secondary N) is 2. The van der Waals surface area contributed by atoms with E-state index in [2.05, 4.69) is 15.3 Å². The molecule has 0 saturated carbocycles. The molecule has 5 heteroatoms. The third-order valence-electron chi connectivity index (χ3n) is 2.96. The molecule has 5 nitrogen and oxygen atoms in total. The molecule has 0 fully saturated rings. The van der Waals surface area contributed by atoms with E-state index in [0.717, 1.165) is 17.8 Å². The van der Waals surface area contributed by atoms with Gasteiger partial charge in [-0.15, -0.1) is 0 Å². The van der Waals surface area contributed by atoms with Gasteiger partial charge in [-0.25, -0.2) is 4.98 Å². The van der Waals surface area contributed by atoms with Crippen molar-refractivity contribution in [2.45, 2.75) is 26.0 Å². The summed E-state index contributed by atoms with van der Waals surface area (Å²) >= 11 is 0. The second-order valence-electron chi connectivity index (χ2n) is 4.26. The lowest BCUT2D eigenvalue weighted by molar-refractivity contribution is 0.0934. The van der Waals surface area contributed by atoms with Crippen molar-refractivity contribution in [3.05, 3.63) is 53.6 Å². The molecule has 1 aromatic carbocycles. The zero-order chi connectivity index (χ0) is 13.7. The van der Waals surface area contributed by atoms with Gasteiger partial charge >= 0.3 is 0 Å². The van der Waals surface area contributed by atoms with E-state index < -0.39 is 0 Å². The molecule has 1 atom stereocenters. The fraction of sp³-hybridized carbons (Fsp3) is 0.286. The number of aromatic amines is 1. The van der Waals surface area contributed by atoms with Crippen molar-refractivity contribution >= 4 is 5.91 Å². The maximum Gasteiger partial charge on any atom is 0.251 e. The topological polar surface area (TPSA) is 78.0 Å². The minimum atomic E-state index is -0.146. The Labute approximate surface area is 111 Å². The first kappa shape index (κ1) is 13.3. The van der Waals surface area contributed by atoms with E-state index in [1.165, 1.54) is 0 Å². The number of amides is 1. The Bertz CT molecular complexity index is 520. The molecule has 1 amide bonds. The highest BCUT2D eigenvalue weighted by molar-refractivity contribution is 5.94. The Hall–Kier alpha value is -2.14. The van der Waals surface area contributed by atoms with Crippen molar-refractivity contribution in [2.24, 2.45) is 0 Å². The number of H-pyrrole nitrogens is 1. The van der Waals surface area contributed by atoms with Crippen LogP contribution in [-0.2, 0) is 6.61 Å². The lowest BCUT2D eigenvalue weighted by Gasteiger charge is -2.14. The molecule has 1 heterocycles. The van der Waals surface area contributed by atoms with Crippen molar-refractivity contribution in [1.82, 2.24) is 15.3 Å². The summed E-state index contributed by atoms with van der Waals surface area (Å²) < 4.78 is 0. The first-order valence-electron chi connectivity index (χ1n) is 6.24. The Morgan fingerprint density at radius 2 is 2.16 bits per heavy atom. The van der Waals surface area contributed by atoms with Gasteiger partial charge in [0.25, 0.3) is 5.91 Å². The summed E-state index contributed by atoms with van der Waals surface area (Å²) in [5.41, 5.74) is 1.36. The van der Waals surface area contributed by atoms with Crippen LogP contribution < -0.4 is 5.32 Å². The Kier molecular flexibility index (Phi) is 4.30. The minimum Gasteiger partial charge on any atom is -0.392 e. The quantitative estimate of drug-likeness (QED) is 0.766. The molecule has 2 aromatic rings. The maximum atomic E-state index is 12.1. The standard InChI is InChI=1S/C14H17N3O2/c1-2-12(13-15-7-8-16-13)17-14(19)11-5-3-10(9-18)4-6-11/h3-8,12,18H,2,9H2,1H3,(H,15,16)(H,17,19). The molecule has 0 radical (unpaired) electrons. The van der Waals surface area contributed by atoms with Gasteiger partial charge < -0.3 is 15.4 Å². The SMILES string of the molecule is CCC(NC(=O)c1ccc(CO)cc1)c1ncc[nH]1. The van der Waals surface area contributed by atoms with Crippen LogP contribution in [0.5, 0.6) is 0 Å². The predicted molar refractivity (Wildman–Crippen MR) is 71.5 cm³/mol. The fourth-order valence-corrected chi connectivity index (χ4v) is 1.83. The molecule has 100 valence electrons. The van der Waals surface area contributed by atoms with Gasteiger partial charge in [-0.2, -0.15) is 0 Å². The van der Waals surface area contributed by atoms with Crippen molar-refractivity contribution < 1.29 is 9.90 Å². The number of carbonyl (C=O) groups excluding carboxylic acids is 1. The Morgan fingerprint density at radius 1 is 1.42 bits per heavy atom. The molecule has 1 aromatic heterocycles. The number of carbonyl (C=O) groups is 1. The number of benzene rings is 1. The second kappa shape index (κ2) is 6.15. The first-order valence-corrected chi connectivity index (χ1v) is 6.24. The van der Waals surface area contributed by atoms with Crippen LogP contribution in [-0.4, -0.2) is 21.0 Å². The molecule has 3 N–H and O–H groups in total. The molecular formula is C14H17N3O2. The lowest BCUT2D eigenvalue weighted by atomic mass is 10.1. The summed E-state index contributed by atoms with van der Waals surface area (Å²) in [4.78, 5) is 19.3. The van der Waals surface area contributed by atoms with Gasteiger partial charge in [0, 0.05) is 18.0 Å². The van der Waals surface area contributed by atoms with E-state index in [1.807, 2.05) is 6.92 Å². The molecular weight excluding hydrogens is 242 g/mol. The van der Waals surface area contributed by atoms with Crippen LogP contribution in [0.2, 0.25) is 0 Å². The van der Waals surface area contributed by atoms with Crippen LogP contribution in [0.25, 0.3) is 0 Å². The number of aliphatic hydroxyl groups is 1. The van der Waals surface area contributed by atoms with Gasteiger partial charge in [-0.3, -0.25) is 4.79 Å². The molecule has 2 rings (SSSR count). The van der Waals surface area contributed by atoms with E-state index in [0.29, 0.717) is 5.56 Å². The van der Waals surface area contributed by atoms with E-state index in [4.69, 9.17) is 5.11 Å². The van der Waals surface area contributed by atoms with Gasteiger partial charge in [0.1, 0.15) is 5.82 Å². The van der Waals surface area contributed by atoms with Crippen molar-refractivity contribution in [1.29, 1.82) is 0 Å². The summed E-state index contributed by atoms with van der Waals surface area (Å²) in [5.74, 6) is 0.607. The minimum absolute atomic E-state index is 0.0219. The second-order valence-corrected chi connectivity index (χ2v) is 4.26. The zero-order valence-electron chi connectivity index (χ0n) is 10.8. The van der Waals surface area contributed by atoms with Crippen LogP contribution >= 0.6 is 0 Å².